The zero-order valence-electron chi connectivity index (χ0n) is 11.1. The number of hydrogen-bond donors (Lipinski definition) is 1. The van der Waals surface area contributed by atoms with E-state index < -0.39 is 10.0 Å². The van der Waals surface area contributed by atoms with Gasteiger partial charge in [-0.3, -0.25) is 0 Å². The lowest BCUT2D eigenvalue weighted by molar-refractivity contribution is 0.476. The van der Waals surface area contributed by atoms with Crippen LogP contribution in [0.2, 0.25) is 0 Å². The zero-order chi connectivity index (χ0) is 14.6. The molecule has 110 valence electrons. The Morgan fingerprint density at radius 2 is 1.85 bits per heavy atom. The molecule has 0 bridgehead atoms. The Morgan fingerprint density at radius 3 is 2.40 bits per heavy atom. The van der Waals surface area contributed by atoms with Gasteiger partial charge in [0.05, 0.1) is 17.3 Å². The van der Waals surface area contributed by atoms with E-state index in [-0.39, 0.29) is 11.6 Å². The molecule has 0 aliphatic carbocycles. The van der Waals surface area contributed by atoms with E-state index >= 15 is 0 Å². The minimum Gasteiger partial charge on any atom is -0.386 e. The van der Waals surface area contributed by atoms with Crippen LogP contribution in [0.3, 0.4) is 0 Å². The van der Waals surface area contributed by atoms with Crippen molar-refractivity contribution in [2.24, 2.45) is 10.7 Å². The number of hydrogen-bond acceptors (Lipinski definition) is 3. The number of alkyl halides is 1. The number of nitrogens with zero attached hydrogens (tertiary/aromatic N) is 2. The third-order valence-corrected chi connectivity index (χ3v) is 5.28. The van der Waals surface area contributed by atoms with E-state index in [4.69, 9.17) is 17.3 Å². The van der Waals surface area contributed by atoms with Gasteiger partial charge in [-0.15, -0.1) is 11.6 Å². The number of rotatable bonds is 5. The first-order valence-electron chi connectivity index (χ1n) is 6.47. The molecule has 1 aromatic rings. The van der Waals surface area contributed by atoms with Crippen molar-refractivity contribution < 1.29 is 8.42 Å². The van der Waals surface area contributed by atoms with Gasteiger partial charge in [0, 0.05) is 13.1 Å². The molecule has 20 heavy (non-hydrogen) atoms. The number of nitrogens with two attached hydrogens (primary N) is 1. The van der Waals surface area contributed by atoms with Gasteiger partial charge >= 0.3 is 0 Å². The van der Waals surface area contributed by atoms with Crippen LogP contribution in [0.1, 0.15) is 18.4 Å². The molecule has 0 unspecified atom stereocenters. The van der Waals surface area contributed by atoms with Gasteiger partial charge in [-0.2, -0.15) is 0 Å². The van der Waals surface area contributed by atoms with E-state index in [1.54, 1.807) is 28.6 Å². The summed E-state index contributed by atoms with van der Waals surface area (Å²) < 4.78 is 25.9. The zero-order valence-corrected chi connectivity index (χ0v) is 12.7. The van der Waals surface area contributed by atoms with Crippen LogP contribution in [0.5, 0.6) is 0 Å². The Labute approximate surface area is 124 Å². The fourth-order valence-corrected chi connectivity index (χ4v) is 3.80. The Hall–Kier alpha value is -1.11. The predicted octanol–water partition coefficient (Wildman–Crippen LogP) is 1.84. The van der Waals surface area contributed by atoms with E-state index in [1.807, 2.05) is 0 Å². The van der Waals surface area contributed by atoms with Crippen LogP contribution in [0.25, 0.3) is 0 Å². The molecule has 0 saturated carbocycles. The summed E-state index contributed by atoms with van der Waals surface area (Å²) in [6.07, 6.45) is 1.90. The first kappa shape index (κ1) is 15.3. The maximum atomic E-state index is 12.2. The van der Waals surface area contributed by atoms with Crippen LogP contribution in [0.4, 0.5) is 5.69 Å². The smallest absolute Gasteiger partial charge is 0.218 e. The normalized spacial score (nSPS) is 17.6. The highest BCUT2D eigenvalue weighted by atomic mass is 35.5. The van der Waals surface area contributed by atoms with Gasteiger partial charge in [0.25, 0.3) is 0 Å². The van der Waals surface area contributed by atoms with Crippen molar-refractivity contribution in [3.8, 4) is 0 Å². The quantitative estimate of drug-likeness (QED) is 0.512. The monoisotopic (exact) mass is 315 g/mol. The molecule has 1 fully saturated rings. The molecule has 0 amide bonds. The van der Waals surface area contributed by atoms with E-state index in [9.17, 15) is 8.42 Å². The fraction of sp³-hybridized carbons (Fsp3) is 0.462. The van der Waals surface area contributed by atoms with Crippen LogP contribution < -0.4 is 5.73 Å². The molecule has 7 heteroatoms. The van der Waals surface area contributed by atoms with Crippen molar-refractivity contribution in [1.82, 2.24) is 4.31 Å². The molecule has 2 N–H and O–H groups in total. The van der Waals surface area contributed by atoms with E-state index in [2.05, 4.69) is 4.99 Å². The van der Waals surface area contributed by atoms with Gasteiger partial charge in [0.15, 0.2) is 0 Å². The van der Waals surface area contributed by atoms with Gasteiger partial charge in [-0.1, -0.05) is 12.1 Å². The molecule has 0 aromatic heterocycles. The van der Waals surface area contributed by atoms with Gasteiger partial charge < -0.3 is 5.73 Å². The molecule has 0 atom stereocenters. The summed E-state index contributed by atoms with van der Waals surface area (Å²) in [6.45, 7) is 1.27. The van der Waals surface area contributed by atoms with Gasteiger partial charge in [-0.05, 0) is 30.5 Å². The number of sulfonamides is 1. The van der Waals surface area contributed by atoms with Crippen molar-refractivity contribution in [2.75, 3.05) is 19.0 Å². The largest absolute Gasteiger partial charge is 0.386 e. The first-order valence-corrected chi connectivity index (χ1v) is 8.61. The van der Waals surface area contributed by atoms with Gasteiger partial charge in [-0.25, -0.2) is 17.7 Å². The molecular formula is C13H18ClN3O2S. The first-order chi connectivity index (χ1) is 9.51. The number of benzene rings is 1. The number of halogens is 1. The molecule has 5 nitrogen and oxygen atoms in total. The van der Waals surface area contributed by atoms with Crippen LogP contribution in [-0.2, 0) is 15.8 Å². The summed E-state index contributed by atoms with van der Waals surface area (Å²) >= 11 is 5.55. The molecule has 0 radical (unpaired) electrons. The summed E-state index contributed by atoms with van der Waals surface area (Å²) in [5.41, 5.74) is 6.97. The minimum atomic E-state index is -3.20. The van der Waals surface area contributed by atoms with E-state index in [1.165, 1.54) is 0 Å². The van der Waals surface area contributed by atoms with Crippen molar-refractivity contribution in [3.63, 3.8) is 0 Å². The van der Waals surface area contributed by atoms with E-state index in [0.717, 1.165) is 18.4 Å². The number of amidine groups is 1. The minimum absolute atomic E-state index is 0.0297. The second-order valence-corrected chi connectivity index (χ2v) is 7.00. The van der Waals surface area contributed by atoms with Crippen LogP contribution in [0, 0.1) is 0 Å². The van der Waals surface area contributed by atoms with Crippen LogP contribution >= 0.6 is 11.6 Å². The standard InChI is InChI=1S/C13H18ClN3O2S/c14-9-13(15)16-12-5-3-11(4-6-12)10-20(18,19)17-7-1-2-8-17/h3-6H,1-2,7-10H2,(H2,15,16). The van der Waals surface area contributed by atoms with Crippen molar-refractivity contribution >= 4 is 33.1 Å². The molecule has 1 aliphatic rings. The second kappa shape index (κ2) is 6.56. The molecule has 1 aliphatic heterocycles. The molecule has 1 aromatic carbocycles. The van der Waals surface area contributed by atoms with Crippen molar-refractivity contribution in [3.05, 3.63) is 29.8 Å². The molecular weight excluding hydrogens is 298 g/mol. The van der Waals surface area contributed by atoms with Crippen LogP contribution in [0.15, 0.2) is 29.3 Å². The highest BCUT2D eigenvalue weighted by Gasteiger charge is 2.25. The lowest BCUT2D eigenvalue weighted by Crippen LogP contribution is -2.29. The summed E-state index contributed by atoms with van der Waals surface area (Å²) in [5.74, 6) is 0.539. The Morgan fingerprint density at radius 1 is 1.25 bits per heavy atom. The highest BCUT2D eigenvalue weighted by Crippen LogP contribution is 2.19. The highest BCUT2D eigenvalue weighted by molar-refractivity contribution is 7.88. The van der Waals surface area contributed by atoms with Gasteiger partial charge in [0.1, 0.15) is 5.84 Å². The summed E-state index contributed by atoms with van der Waals surface area (Å²) in [4.78, 5) is 4.10. The van der Waals surface area contributed by atoms with Crippen LogP contribution in [-0.4, -0.2) is 37.5 Å². The Balaban J connectivity index is 2.07. The average molecular weight is 316 g/mol. The lowest BCUT2D eigenvalue weighted by atomic mass is 10.2. The predicted molar refractivity (Wildman–Crippen MR) is 81.9 cm³/mol. The molecule has 2 rings (SSSR count). The summed E-state index contributed by atoms with van der Waals surface area (Å²) in [6, 6.07) is 7.00. The maximum absolute atomic E-state index is 12.2. The summed E-state index contributed by atoms with van der Waals surface area (Å²) in [7, 11) is -3.20. The van der Waals surface area contributed by atoms with Gasteiger partial charge in [0.2, 0.25) is 10.0 Å². The molecule has 1 heterocycles. The Bertz CT molecular complexity index is 578. The average Bonchev–Trinajstić information content (AvgIpc) is 2.95. The fourth-order valence-electron chi connectivity index (χ4n) is 2.13. The molecule has 0 spiro atoms. The third kappa shape index (κ3) is 3.94. The SMILES string of the molecule is NC(CCl)=Nc1ccc(CS(=O)(=O)N2CCCC2)cc1. The van der Waals surface area contributed by atoms with Crippen molar-refractivity contribution in [2.45, 2.75) is 18.6 Å². The Kier molecular flexibility index (Phi) is 5.01. The van der Waals surface area contributed by atoms with Crippen molar-refractivity contribution in [1.29, 1.82) is 0 Å². The maximum Gasteiger partial charge on any atom is 0.218 e. The second-order valence-electron chi connectivity index (χ2n) is 4.77. The topological polar surface area (TPSA) is 75.8 Å². The third-order valence-electron chi connectivity index (χ3n) is 3.15. The summed E-state index contributed by atoms with van der Waals surface area (Å²) in [5, 5.41) is 0. The molecule has 1 saturated heterocycles. The lowest BCUT2D eigenvalue weighted by Gasteiger charge is -2.15. The van der Waals surface area contributed by atoms with E-state index in [0.29, 0.717) is 24.6 Å². The number of aliphatic imine (C=N–C) groups is 1.